The molecule has 0 aliphatic rings. The highest BCUT2D eigenvalue weighted by Gasteiger charge is 2.18. The van der Waals surface area contributed by atoms with Crippen LogP contribution in [0, 0.1) is 0 Å². The van der Waals surface area contributed by atoms with Crippen molar-refractivity contribution in [3.8, 4) is 0 Å². The molecule has 0 amide bonds. The molecule has 0 heterocycles. The summed E-state index contributed by atoms with van der Waals surface area (Å²) < 4.78 is 27.0. The molecule has 1 aromatic rings. The fourth-order valence-electron chi connectivity index (χ4n) is 1.78. The Morgan fingerprint density at radius 1 is 1.17 bits per heavy atom. The third kappa shape index (κ3) is 3.99. The first-order valence-electron chi connectivity index (χ1n) is 6.33. The second kappa shape index (κ2) is 6.75. The number of nitrogens with one attached hydrogen (secondary N) is 2. The van der Waals surface area contributed by atoms with Gasteiger partial charge in [0.2, 0.25) is 10.0 Å². The average molecular weight is 270 g/mol. The molecule has 0 aliphatic heterocycles. The Kier molecular flexibility index (Phi) is 5.62. The molecule has 102 valence electrons. The van der Waals surface area contributed by atoms with Crippen molar-refractivity contribution in [2.45, 2.75) is 44.0 Å². The lowest BCUT2D eigenvalue weighted by atomic mass is 10.1. The Morgan fingerprint density at radius 2 is 1.78 bits per heavy atom. The lowest BCUT2D eigenvalue weighted by Crippen LogP contribution is -2.34. The quantitative estimate of drug-likeness (QED) is 0.800. The Hall–Kier alpha value is -1.07. The van der Waals surface area contributed by atoms with Gasteiger partial charge in [-0.15, -0.1) is 0 Å². The summed E-state index contributed by atoms with van der Waals surface area (Å²) in [6, 6.07) is 6.77. The first kappa shape index (κ1) is 15.0. The van der Waals surface area contributed by atoms with Gasteiger partial charge in [0.25, 0.3) is 0 Å². The molecule has 0 saturated carbocycles. The van der Waals surface area contributed by atoms with E-state index >= 15 is 0 Å². The largest absolute Gasteiger partial charge is 0.388 e. The van der Waals surface area contributed by atoms with E-state index in [0.717, 1.165) is 24.9 Å². The molecule has 0 fully saturated rings. The monoisotopic (exact) mass is 270 g/mol. The Morgan fingerprint density at radius 3 is 2.22 bits per heavy atom. The number of anilines is 1. The van der Waals surface area contributed by atoms with Crippen molar-refractivity contribution in [3.05, 3.63) is 24.3 Å². The molecule has 1 unspecified atom stereocenters. The average Bonchev–Trinajstić information content (AvgIpc) is 2.38. The minimum atomic E-state index is -3.40. The van der Waals surface area contributed by atoms with E-state index in [0.29, 0.717) is 4.90 Å². The second-order valence-electron chi connectivity index (χ2n) is 4.29. The van der Waals surface area contributed by atoms with E-state index in [4.69, 9.17) is 0 Å². The van der Waals surface area contributed by atoms with Gasteiger partial charge in [0, 0.05) is 18.8 Å². The molecule has 2 N–H and O–H groups in total. The minimum absolute atomic E-state index is 0.0176. The zero-order chi connectivity index (χ0) is 13.6. The van der Waals surface area contributed by atoms with Gasteiger partial charge < -0.3 is 5.32 Å². The molecular weight excluding hydrogens is 248 g/mol. The van der Waals surface area contributed by atoms with Crippen LogP contribution in [0.3, 0.4) is 0 Å². The predicted octanol–water partition coefficient (Wildman–Crippen LogP) is 2.59. The molecule has 1 aromatic carbocycles. The third-order valence-corrected chi connectivity index (χ3v) is 4.44. The van der Waals surface area contributed by atoms with Gasteiger partial charge in [-0.2, -0.15) is 0 Å². The fraction of sp³-hybridized carbons (Fsp3) is 0.538. The van der Waals surface area contributed by atoms with Crippen molar-refractivity contribution >= 4 is 15.7 Å². The fourth-order valence-corrected chi connectivity index (χ4v) is 3.14. The van der Waals surface area contributed by atoms with Gasteiger partial charge in [0.1, 0.15) is 0 Å². The molecule has 0 bridgehead atoms. The normalized spacial score (nSPS) is 13.3. The van der Waals surface area contributed by atoms with Crippen molar-refractivity contribution in [2.24, 2.45) is 0 Å². The van der Waals surface area contributed by atoms with E-state index in [2.05, 4.69) is 17.0 Å². The summed E-state index contributed by atoms with van der Waals surface area (Å²) in [4.78, 5) is 0.316. The molecule has 0 aliphatic carbocycles. The van der Waals surface area contributed by atoms with E-state index in [9.17, 15) is 8.42 Å². The summed E-state index contributed by atoms with van der Waals surface area (Å²) in [5, 5.41) is 2.96. The van der Waals surface area contributed by atoms with Crippen molar-refractivity contribution in [1.29, 1.82) is 0 Å². The predicted molar refractivity (Wildman–Crippen MR) is 75.3 cm³/mol. The first-order chi connectivity index (χ1) is 8.53. The highest BCUT2D eigenvalue weighted by atomic mass is 32.2. The molecule has 0 spiro atoms. The van der Waals surface area contributed by atoms with E-state index in [1.165, 1.54) is 0 Å². The van der Waals surface area contributed by atoms with Gasteiger partial charge in [0.05, 0.1) is 4.90 Å². The number of hydrogen-bond donors (Lipinski definition) is 2. The standard InChI is InChI=1S/C13H22N2O2S/c1-4-6-11(5-2)15-18(16,17)13-9-7-12(14-3)8-10-13/h7-11,14-15H,4-6H2,1-3H3. The van der Waals surface area contributed by atoms with Crippen LogP contribution in [0.5, 0.6) is 0 Å². The molecule has 0 saturated heterocycles. The number of benzene rings is 1. The molecule has 4 nitrogen and oxygen atoms in total. The van der Waals surface area contributed by atoms with Crippen LogP contribution in [0.1, 0.15) is 33.1 Å². The SMILES string of the molecule is CCCC(CC)NS(=O)(=O)c1ccc(NC)cc1. The van der Waals surface area contributed by atoms with Gasteiger partial charge in [-0.25, -0.2) is 13.1 Å². The summed E-state index contributed by atoms with van der Waals surface area (Å²) in [6.45, 7) is 4.05. The Labute approximate surface area is 110 Å². The zero-order valence-electron chi connectivity index (χ0n) is 11.2. The maximum Gasteiger partial charge on any atom is 0.240 e. The van der Waals surface area contributed by atoms with Gasteiger partial charge >= 0.3 is 0 Å². The molecule has 18 heavy (non-hydrogen) atoms. The van der Waals surface area contributed by atoms with Gasteiger partial charge in [0.15, 0.2) is 0 Å². The third-order valence-electron chi connectivity index (χ3n) is 2.91. The zero-order valence-corrected chi connectivity index (χ0v) is 12.0. The van der Waals surface area contributed by atoms with E-state index in [1.807, 2.05) is 6.92 Å². The van der Waals surface area contributed by atoms with Crippen LogP contribution >= 0.6 is 0 Å². The van der Waals surface area contributed by atoms with Gasteiger partial charge in [-0.05, 0) is 37.1 Å². The van der Waals surface area contributed by atoms with Crippen LogP contribution in [0.25, 0.3) is 0 Å². The van der Waals surface area contributed by atoms with Crippen molar-refractivity contribution in [1.82, 2.24) is 4.72 Å². The highest BCUT2D eigenvalue weighted by Crippen LogP contribution is 2.15. The summed E-state index contributed by atoms with van der Waals surface area (Å²) in [5.74, 6) is 0. The first-order valence-corrected chi connectivity index (χ1v) is 7.82. The number of rotatable bonds is 7. The maximum absolute atomic E-state index is 12.1. The summed E-state index contributed by atoms with van der Waals surface area (Å²) >= 11 is 0. The molecule has 1 rings (SSSR count). The topological polar surface area (TPSA) is 58.2 Å². The van der Waals surface area contributed by atoms with Crippen LogP contribution in [0.15, 0.2) is 29.2 Å². The van der Waals surface area contributed by atoms with Gasteiger partial charge in [-0.1, -0.05) is 20.3 Å². The summed E-state index contributed by atoms with van der Waals surface area (Å²) in [7, 11) is -1.59. The van der Waals surface area contributed by atoms with Gasteiger partial charge in [-0.3, -0.25) is 0 Å². The van der Waals surface area contributed by atoms with E-state index < -0.39 is 10.0 Å². The molecular formula is C13H22N2O2S. The van der Waals surface area contributed by atoms with Crippen LogP contribution in [-0.4, -0.2) is 21.5 Å². The van der Waals surface area contributed by atoms with Crippen LogP contribution in [0.4, 0.5) is 5.69 Å². The van der Waals surface area contributed by atoms with E-state index in [-0.39, 0.29) is 6.04 Å². The second-order valence-corrected chi connectivity index (χ2v) is 6.00. The smallest absolute Gasteiger partial charge is 0.240 e. The Balaban J connectivity index is 2.84. The van der Waals surface area contributed by atoms with Crippen LogP contribution in [-0.2, 0) is 10.0 Å². The lowest BCUT2D eigenvalue weighted by molar-refractivity contribution is 0.512. The number of sulfonamides is 1. The lowest BCUT2D eigenvalue weighted by Gasteiger charge is -2.16. The summed E-state index contributed by atoms with van der Waals surface area (Å²) in [5.41, 5.74) is 0.898. The van der Waals surface area contributed by atoms with E-state index in [1.54, 1.807) is 31.3 Å². The van der Waals surface area contributed by atoms with Crippen molar-refractivity contribution in [3.63, 3.8) is 0 Å². The maximum atomic E-state index is 12.1. The number of hydrogen-bond acceptors (Lipinski definition) is 3. The molecule has 0 radical (unpaired) electrons. The van der Waals surface area contributed by atoms with Crippen molar-refractivity contribution < 1.29 is 8.42 Å². The summed E-state index contributed by atoms with van der Waals surface area (Å²) in [6.07, 6.45) is 2.64. The molecule has 5 heteroatoms. The van der Waals surface area contributed by atoms with Crippen molar-refractivity contribution in [2.75, 3.05) is 12.4 Å². The Bertz CT molecular complexity index is 454. The minimum Gasteiger partial charge on any atom is -0.388 e. The van der Waals surface area contributed by atoms with Crippen LogP contribution in [0.2, 0.25) is 0 Å². The molecule has 1 atom stereocenters. The molecule has 0 aromatic heterocycles. The highest BCUT2D eigenvalue weighted by molar-refractivity contribution is 7.89. The van der Waals surface area contributed by atoms with Crippen LogP contribution < -0.4 is 10.0 Å².